The Morgan fingerprint density at radius 3 is 2.47 bits per heavy atom. The van der Waals surface area contributed by atoms with Crippen molar-refractivity contribution in [1.82, 2.24) is 0 Å². The molecular weight excluding hydrogens is 325 g/mol. The third-order valence-electron chi connectivity index (χ3n) is 2.40. The Kier molecular flexibility index (Phi) is 4.39. The van der Waals surface area contributed by atoms with Gasteiger partial charge in [-0.1, -0.05) is 24.3 Å². The second-order valence-electron chi connectivity index (χ2n) is 3.72. The highest BCUT2D eigenvalue weighted by Crippen LogP contribution is 2.27. The Balaban J connectivity index is 2.17. The molecule has 0 amide bonds. The number of ether oxygens (including phenoxy) is 1. The molecule has 0 atom stereocenters. The van der Waals surface area contributed by atoms with Gasteiger partial charge in [0, 0.05) is 0 Å². The third-order valence-corrected chi connectivity index (χ3v) is 3.24. The average molecular weight is 339 g/mol. The van der Waals surface area contributed by atoms with Crippen LogP contribution in [-0.2, 0) is 6.42 Å². The fraction of sp³-hybridized carbons (Fsp3) is 0.143. The molecule has 0 saturated carbocycles. The average Bonchev–Trinajstić information content (AvgIpc) is 2.34. The maximum Gasteiger partial charge on any atom is 0.140 e. The zero-order chi connectivity index (χ0) is 12.1. The van der Waals surface area contributed by atoms with Crippen molar-refractivity contribution in [2.45, 2.75) is 6.42 Å². The highest BCUT2D eigenvalue weighted by atomic mass is 127. The van der Waals surface area contributed by atoms with Gasteiger partial charge in [-0.05, 0) is 65.4 Å². The predicted molar refractivity (Wildman–Crippen MR) is 78.4 cm³/mol. The van der Waals surface area contributed by atoms with Crippen LogP contribution < -0.4 is 10.5 Å². The molecule has 2 rings (SSSR count). The SMILES string of the molecule is NCCc1ccc(Oc2ccccc2)c(I)c1. The van der Waals surface area contributed by atoms with E-state index in [9.17, 15) is 0 Å². The summed E-state index contributed by atoms with van der Waals surface area (Å²) in [6.07, 6.45) is 0.904. The molecule has 0 aliphatic rings. The Labute approximate surface area is 115 Å². The maximum atomic E-state index is 5.80. The van der Waals surface area contributed by atoms with Crippen molar-refractivity contribution in [2.24, 2.45) is 5.73 Å². The molecule has 0 saturated heterocycles. The summed E-state index contributed by atoms with van der Waals surface area (Å²) in [5.41, 5.74) is 6.79. The Morgan fingerprint density at radius 1 is 1.06 bits per heavy atom. The smallest absolute Gasteiger partial charge is 0.140 e. The first kappa shape index (κ1) is 12.4. The summed E-state index contributed by atoms with van der Waals surface area (Å²) in [6.45, 7) is 0.676. The van der Waals surface area contributed by atoms with Gasteiger partial charge in [0.25, 0.3) is 0 Å². The number of hydrogen-bond acceptors (Lipinski definition) is 2. The molecule has 88 valence electrons. The number of hydrogen-bond donors (Lipinski definition) is 1. The minimum Gasteiger partial charge on any atom is -0.456 e. The van der Waals surface area contributed by atoms with Gasteiger partial charge in [-0.15, -0.1) is 0 Å². The van der Waals surface area contributed by atoms with Gasteiger partial charge in [-0.3, -0.25) is 0 Å². The minimum atomic E-state index is 0.676. The molecule has 0 radical (unpaired) electrons. The summed E-state index contributed by atoms with van der Waals surface area (Å²) >= 11 is 2.29. The van der Waals surface area contributed by atoms with Crippen molar-refractivity contribution >= 4 is 22.6 Å². The molecular formula is C14H14INO. The van der Waals surface area contributed by atoms with E-state index in [-0.39, 0.29) is 0 Å². The van der Waals surface area contributed by atoms with E-state index >= 15 is 0 Å². The van der Waals surface area contributed by atoms with Crippen molar-refractivity contribution in [3.05, 3.63) is 57.7 Å². The number of rotatable bonds is 4. The van der Waals surface area contributed by atoms with Crippen LogP contribution in [0.25, 0.3) is 0 Å². The van der Waals surface area contributed by atoms with Gasteiger partial charge < -0.3 is 10.5 Å². The van der Waals surface area contributed by atoms with E-state index in [0.717, 1.165) is 21.5 Å². The standard InChI is InChI=1S/C14H14INO/c15-13-10-11(8-9-16)6-7-14(13)17-12-4-2-1-3-5-12/h1-7,10H,8-9,16H2. The van der Waals surface area contributed by atoms with Crippen molar-refractivity contribution in [1.29, 1.82) is 0 Å². The summed E-state index contributed by atoms with van der Waals surface area (Å²) in [5.74, 6) is 1.74. The molecule has 0 heterocycles. The summed E-state index contributed by atoms with van der Waals surface area (Å²) in [6, 6.07) is 16.0. The molecule has 0 aliphatic heterocycles. The number of benzene rings is 2. The van der Waals surface area contributed by atoms with Crippen molar-refractivity contribution in [2.75, 3.05) is 6.54 Å². The highest BCUT2D eigenvalue weighted by Gasteiger charge is 2.03. The highest BCUT2D eigenvalue weighted by molar-refractivity contribution is 14.1. The van der Waals surface area contributed by atoms with Crippen LogP contribution in [0.4, 0.5) is 0 Å². The first-order chi connectivity index (χ1) is 8.29. The maximum absolute atomic E-state index is 5.80. The Hall–Kier alpha value is -1.07. The lowest BCUT2D eigenvalue weighted by Crippen LogP contribution is -2.02. The molecule has 0 fully saturated rings. The van der Waals surface area contributed by atoms with Crippen molar-refractivity contribution in [3.63, 3.8) is 0 Å². The fourth-order valence-electron chi connectivity index (χ4n) is 1.56. The second-order valence-corrected chi connectivity index (χ2v) is 4.88. The van der Waals surface area contributed by atoms with Crippen molar-refractivity contribution in [3.8, 4) is 11.5 Å². The lowest BCUT2D eigenvalue weighted by atomic mass is 10.1. The van der Waals surface area contributed by atoms with E-state index in [1.807, 2.05) is 36.4 Å². The van der Waals surface area contributed by atoms with E-state index in [1.165, 1.54) is 5.56 Å². The predicted octanol–water partition coefficient (Wildman–Crippen LogP) is 3.58. The molecule has 0 unspecified atom stereocenters. The van der Waals surface area contributed by atoms with Gasteiger partial charge in [-0.25, -0.2) is 0 Å². The molecule has 17 heavy (non-hydrogen) atoms. The van der Waals surface area contributed by atoms with Crippen LogP contribution in [-0.4, -0.2) is 6.54 Å². The van der Waals surface area contributed by atoms with E-state index < -0.39 is 0 Å². The lowest BCUT2D eigenvalue weighted by Gasteiger charge is -2.09. The van der Waals surface area contributed by atoms with E-state index in [2.05, 4.69) is 34.7 Å². The third kappa shape index (κ3) is 3.44. The normalized spacial score (nSPS) is 10.2. The first-order valence-corrected chi connectivity index (χ1v) is 6.59. The van der Waals surface area contributed by atoms with Gasteiger partial charge in [-0.2, -0.15) is 0 Å². The number of para-hydroxylation sites is 1. The summed E-state index contributed by atoms with van der Waals surface area (Å²) in [4.78, 5) is 0. The summed E-state index contributed by atoms with van der Waals surface area (Å²) in [5, 5.41) is 0. The zero-order valence-corrected chi connectivity index (χ0v) is 11.6. The molecule has 0 aliphatic carbocycles. The lowest BCUT2D eigenvalue weighted by molar-refractivity contribution is 0.479. The van der Waals surface area contributed by atoms with E-state index in [4.69, 9.17) is 10.5 Å². The van der Waals surface area contributed by atoms with E-state index in [1.54, 1.807) is 0 Å². The summed E-state index contributed by atoms with van der Waals surface area (Å²) < 4.78 is 6.91. The summed E-state index contributed by atoms with van der Waals surface area (Å²) in [7, 11) is 0. The number of nitrogens with two attached hydrogens (primary N) is 1. The second kappa shape index (κ2) is 6.02. The molecule has 0 bridgehead atoms. The Morgan fingerprint density at radius 2 is 1.82 bits per heavy atom. The van der Waals surface area contributed by atoms with Crippen LogP contribution in [0.3, 0.4) is 0 Å². The molecule has 0 spiro atoms. The van der Waals surface area contributed by atoms with Crippen LogP contribution >= 0.6 is 22.6 Å². The van der Waals surface area contributed by atoms with Crippen LogP contribution in [0.1, 0.15) is 5.56 Å². The largest absolute Gasteiger partial charge is 0.456 e. The van der Waals surface area contributed by atoms with Crippen LogP contribution in [0, 0.1) is 3.57 Å². The monoisotopic (exact) mass is 339 g/mol. The zero-order valence-electron chi connectivity index (χ0n) is 9.40. The van der Waals surface area contributed by atoms with Crippen LogP contribution in [0.2, 0.25) is 0 Å². The first-order valence-electron chi connectivity index (χ1n) is 5.51. The van der Waals surface area contributed by atoms with Crippen molar-refractivity contribution < 1.29 is 4.74 Å². The number of halogens is 1. The fourth-order valence-corrected chi connectivity index (χ4v) is 2.25. The molecule has 0 aromatic heterocycles. The quantitative estimate of drug-likeness (QED) is 0.864. The van der Waals surface area contributed by atoms with Gasteiger partial charge in [0.15, 0.2) is 0 Å². The van der Waals surface area contributed by atoms with Crippen LogP contribution in [0.15, 0.2) is 48.5 Å². The topological polar surface area (TPSA) is 35.2 Å². The van der Waals surface area contributed by atoms with Gasteiger partial charge in [0.1, 0.15) is 11.5 Å². The molecule has 2 N–H and O–H groups in total. The van der Waals surface area contributed by atoms with E-state index in [0.29, 0.717) is 6.54 Å². The van der Waals surface area contributed by atoms with Gasteiger partial charge in [0.05, 0.1) is 3.57 Å². The van der Waals surface area contributed by atoms with Crippen LogP contribution in [0.5, 0.6) is 11.5 Å². The minimum absolute atomic E-state index is 0.676. The molecule has 2 aromatic rings. The molecule has 2 nitrogen and oxygen atoms in total. The van der Waals surface area contributed by atoms with Gasteiger partial charge in [0.2, 0.25) is 0 Å². The van der Waals surface area contributed by atoms with Gasteiger partial charge >= 0.3 is 0 Å². The molecule has 2 aromatic carbocycles. The Bertz CT molecular complexity index is 485. The molecule has 3 heteroatoms.